The fourth-order valence-electron chi connectivity index (χ4n) is 4.49. The monoisotopic (exact) mass is 445 g/mol. The van der Waals surface area contributed by atoms with Crippen LogP contribution in [0.3, 0.4) is 0 Å². The Morgan fingerprint density at radius 3 is 2.70 bits per heavy atom. The van der Waals surface area contributed by atoms with Crippen LogP contribution in [0.15, 0.2) is 44.8 Å². The molecular weight excluding hydrogens is 418 g/mol. The molecule has 127 valence electrons. The minimum atomic E-state index is -1.40. The SMILES string of the molecule is CCCC1=CC[C]([Zr+2]([CH]2CCC3CC=CC=C32)[SiH](C)C)=C1.[Cl-].[Cl-]. The zero-order valence-electron chi connectivity index (χ0n) is 14.6. The maximum absolute atomic E-state index is 2.66. The van der Waals surface area contributed by atoms with Gasteiger partial charge in [-0.25, -0.2) is 0 Å². The van der Waals surface area contributed by atoms with E-state index >= 15 is 0 Å². The maximum Gasteiger partial charge on any atom is -1.00 e. The van der Waals surface area contributed by atoms with E-state index in [0.717, 1.165) is 9.54 Å². The minimum absolute atomic E-state index is 0. The molecule has 0 bridgehead atoms. The number of allylic oxidation sites excluding steroid dienone is 8. The Kier molecular flexibility index (Phi) is 9.38. The van der Waals surface area contributed by atoms with E-state index in [1.54, 1.807) is 5.57 Å². The van der Waals surface area contributed by atoms with Gasteiger partial charge in [0.15, 0.2) is 0 Å². The average molecular weight is 448 g/mol. The van der Waals surface area contributed by atoms with Crippen molar-refractivity contribution in [3.63, 3.8) is 0 Å². The summed E-state index contributed by atoms with van der Waals surface area (Å²) in [5.41, 5.74) is 3.55. The van der Waals surface area contributed by atoms with Gasteiger partial charge in [-0.2, -0.15) is 0 Å². The standard InChI is InChI=1S/C9H11.C8H11.C2H7Si.2ClH.Zr/c1-2-5-9-7-3-6-8(9)4-1;1-2-5-8-6-3-4-7-8;1-3-2;;;/h1-2,4,6,9H,3,5,7H2;6-7H,2-3,5H2,1H3;3H,1-2H3;2*1H;/q;;;;;+2/p-2. The summed E-state index contributed by atoms with van der Waals surface area (Å²) in [6.45, 7) is 7.62. The van der Waals surface area contributed by atoms with E-state index in [2.05, 4.69) is 50.4 Å². The van der Waals surface area contributed by atoms with Gasteiger partial charge >= 0.3 is 140 Å². The van der Waals surface area contributed by atoms with Crippen molar-refractivity contribution in [2.45, 2.75) is 62.2 Å². The molecule has 0 spiro atoms. The van der Waals surface area contributed by atoms with E-state index in [1.807, 2.05) is 8.85 Å². The third-order valence-corrected chi connectivity index (χ3v) is 26.4. The van der Waals surface area contributed by atoms with Gasteiger partial charge in [-0.15, -0.1) is 0 Å². The van der Waals surface area contributed by atoms with Crippen LogP contribution in [0, 0.1) is 5.92 Å². The number of halogens is 2. The van der Waals surface area contributed by atoms with Gasteiger partial charge in [0.25, 0.3) is 0 Å². The van der Waals surface area contributed by atoms with Crippen molar-refractivity contribution in [3.05, 3.63) is 44.8 Å². The van der Waals surface area contributed by atoms with E-state index < -0.39 is 26.8 Å². The third kappa shape index (κ3) is 4.84. The van der Waals surface area contributed by atoms with Crippen LogP contribution >= 0.6 is 0 Å². The predicted octanol–water partition coefficient (Wildman–Crippen LogP) is -0.305. The van der Waals surface area contributed by atoms with Crippen molar-refractivity contribution in [1.29, 1.82) is 0 Å². The first kappa shape index (κ1) is 21.7. The van der Waals surface area contributed by atoms with E-state index in [1.165, 1.54) is 38.5 Å². The molecule has 0 aromatic rings. The molecule has 0 aromatic carbocycles. The van der Waals surface area contributed by atoms with E-state index in [4.69, 9.17) is 0 Å². The first-order chi connectivity index (χ1) is 10.2. The van der Waals surface area contributed by atoms with Gasteiger partial charge in [-0.3, -0.25) is 0 Å². The van der Waals surface area contributed by atoms with E-state index in [9.17, 15) is 0 Å². The van der Waals surface area contributed by atoms with Crippen LogP contribution in [-0.2, 0) is 20.9 Å². The van der Waals surface area contributed by atoms with Crippen molar-refractivity contribution in [1.82, 2.24) is 0 Å². The van der Waals surface area contributed by atoms with Crippen molar-refractivity contribution >= 4 is 5.92 Å². The van der Waals surface area contributed by atoms with Gasteiger partial charge in [0.2, 0.25) is 0 Å². The van der Waals surface area contributed by atoms with Crippen LogP contribution in [0.2, 0.25) is 16.7 Å². The first-order valence-electron chi connectivity index (χ1n) is 8.84. The molecule has 0 amide bonds. The van der Waals surface area contributed by atoms with E-state index in [0.29, 0.717) is 0 Å². The molecule has 0 aliphatic heterocycles. The normalized spacial score (nSPS) is 25.1. The Morgan fingerprint density at radius 1 is 1.22 bits per heavy atom. The molecule has 1 saturated carbocycles. The fraction of sp³-hybridized carbons (Fsp3) is 0.579. The number of hydrogen-bond acceptors (Lipinski definition) is 0. The Hall–Kier alpha value is 0.640. The summed E-state index contributed by atoms with van der Waals surface area (Å²) in [6.07, 6.45) is 20.7. The second-order valence-corrected chi connectivity index (χ2v) is 27.2. The summed E-state index contributed by atoms with van der Waals surface area (Å²) in [7, 11) is 0. The Morgan fingerprint density at radius 2 is 2.00 bits per heavy atom. The summed E-state index contributed by atoms with van der Waals surface area (Å²) in [5.74, 6) is 0.449. The summed E-state index contributed by atoms with van der Waals surface area (Å²) in [6, 6.07) is 0. The molecule has 0 radical (unpaired) electrons. The molecule has 0 nitrogen and oxygen atoms in total. The summed E-state index contributed by atoms with van der Waals surface area (Å²) in [5, 5.41) is 0. The van der Waals surface area contributed by atoms with Crippen LogP contribution in [0.1, 0.15) is 45.4 Å². The molecule has 23 heavy (non-hydrogen) atoms. The van der Waals surface area contributed by atoms with Crippen LogP contribution in [0.4, 0.5) is 0 Å². The smallest absolute Gasteiger partial charge is 1.00 e. The Labute approximate surface area is 163 Å². The topological polar surface area (TPSA) is 0 Å². The molecule has 2 atom stereocenters. The molecule has 2 unspecified atom stereocenters. The number of hydrogen-bond donors (Lipinski definition) is 0. The van der Waals surface area contributed by atoms with E-state index in [-0.39, 0.29) is 24.8 Å². The largest absolute Gasteiger partial charge is 1.00 e. The van der Waals surface area contributed by atoms with Crippen molar-refractivity contribution in [2.24, 2.45) is 5.92 Å². The predicted molar refractivity (Wildman–Crippen MR) is 92.9 cm³/mol. The fourth-order valence-corrected chi connectivity index (χ4v) is 26.4. The van der Waals surface area contributed by atoms with Crippen molar-refractivity contribution in [3.8, 4) is 0 Å². The summed E-state index contributed by atoms with van der Waals surface area (Å²) in [4.78, 5) is 0. The zero-order valence-corrected chi connectivity index (χ0v) is 19.7. The molecule has 3 aliphatic carbocycles. The number of rotatable bonds is 5. The maximum atomic E-state index is 2.66. The zero-order chi connectivity index (χ0) is 14.8. The molecule has 0 N–H and O–H groups in total. The van der Waals surface area contributed by atoms with Crippen LogP contribution in [-0.4, -0.2) is 5.92 Å². The molecule has 4 heteroatoms. The molecule has 0 aromatic heterocycles. The van der Waals surface area contributed by atoms with Gasteiger partial charge in [-0.1, -0.05) is 0 Å². The average Bonchev–Trinajstić information content (AvgIpc) is 3.08. The van der Waals surface area contributed by atoms with Crippen molar-refractivity contribution in [2.75, 3.05) is 0 Å². The molecule has 3 aliphatic rings. The Bertz CT molecular complexity index is 519. The number of fused-ring (bicyclic) bond motifs is 1. The third-order valence-electron chi connectivity index (χ3n) is 5.37. The second-order valence-electron chi connectivity index (χ2n) is 7.17. The quantitative estimate of drug-likeness (QED) is 0.508. The van der Waals surface area contributed by atoms with Gasteiger partial charge < -0.3 is 24.8 Å². The van der Waals surface area contributed by atoms with Crippen molar-refractivity contribution < 1.29 is 45.7 Å². The molecular formula is C19H29Cl2SiZr. The van der Waals surface area contributed by atoms with Crippen LogP contribution in [0.25, 0.3) is 0 Å². The first-order valence-corrected chi connectivity index (χ1v) is 18.6. The molecule has 0 heterocycles. The van der Waals surface area contributed by atoms with Gasteiger partial charge in [0, 0.05) is 0 Å². The minimum Gasteiger partial charge on any atom is -1.00 e. The second kappa shape index (κ2) is 9.95. The van der Waals surface area contributed by atoms with Gasteiger partial charge in [0.1, 0.15) is 0 Å². The summed E-state index contributed by atoms with van der Waals surface area (Å²) >= 11 is -1.40. The van der Waals surface area contributed by atoms with Crippen LogP contribution < -0.4 is 24.8 Å². The Balaban J connectivity index is 0.00000132. The van der Waals surface area contributed by atoms with Gasteiger partial charge in [-0.05, 0) is 0 Å². The van der Waals surface area contributed by atoms with Gasteiger partial charge in [0.05, 0.1) is 0 Å². The summed E-state index contributed by atoms with van der Waals surface area (Å²) < 4.78 is 3.04. The molecule has 3 rings (SSSR count). The molecule has 0 saturated heterocycles. The van der Waals surface area contributed by atoms with Crippen LogP contribution in [0.5, 0.6) is 0 Å². The molecule has 1 fully saturated rings.